The summed E-state index contributed by atoms with van der Waals surface area (Å²) in [6.45, 7) is 0.597. The van der Waals surface area contributed by atoms with E-state index in [1.54, 1.807) is 6.21 Å². The van der Waals surface area contributed by atoms with E-state index < -0.39 is 11.8 Å². The highest BCUT2D eigenvalue weighted by molar-refractivity contribution is 6.31. The zero-order valence-corrected chi connectivity index (χ0v) is 22.2. The minimum atomic E-state index is -0.444. The maximum atomic E-state index is 13.9. The summed E-state index contributed by atoms with van der Waals surface area (Å²) in [6, 6.07) is 32.4. The molecule has 2 amide bonds. The monoisotopic (exact) mass is 541 g/mol. The zero-order chi connectivity index (χ0) is 27.0. The molecule has 0 radical (unpaired) electrons. The van der Waals surface area contributed by atoms with Gasteiger partial charge in [0.1, 0.15) is 0 Å². The Bertz CT molecular complexity index is 1770. The van der Waals surface area contributed by atoms with Gasteiger partial charge in [0.25, 0.3) is 11.8 Å². The molecule has 0 saturated carbocycles. The molecule has 0 spiro atoms. The fourth-order valence-electron chi connectivity index (χ4n) is 7.21. The topological polar surface area (TPSA) is 54.7 Å². The normalized spacial score (nSPS) is 22.7. The molecule has 5 aromatic rings. The van der Waals surface area contributed by atoms with Crippen LogP contribution >= 0.6 is 11.6 Å². The van der Waals surface area contributed by atoms with Crippen LogP contribution in [0, 0.1) is 11.8 Å². The van der Waals surface area contributed by atoms with E-state index in [1.165, 1.54) is 0 Å². The molecule has 0 N–H and O–H groups in total. The summed E-state index contributed by atoms with van der Waals surface area (Å²) in [5.74, 6) is -1.61. The average molecular weight is 542 g/mol. The Labute approximate surface area is 236 Å². The van der Waals surface area contributed by atoms with Crippen molar-refractivity contribution < 1.29 is 9.59 Å². The highest BCUT2D eigenvalue weighted by Crippen LogP contribution is 2.60. The van der Waals surface area contributed by atoms with Crippen molar-refractivity contribution in [1.82, 2.24) is 9.58 Å². The van der Waals surface area contributed by atoms with Crippen molar-refractivity contribution in [3.05, 3.63) is 142 Å². The molecular weight excluding hydrogens is 518 g/mol. The van der Waals surface area contributed by atoms with Crippen molar-refractivity contribution in [3.63, 3.8) is 0 Å². The van der Waals surface area contributed by atoms with E-state index >= 15 is 0 Å². The smallest absolute Gasteiger partial charge is 0.254 e. The van der Waals surface area contributed by atoms with Gasteiger partial charge in [-0.3, -0.25) is 9.59 Å². The minimum Gasteiger partial charge on any atom is -0.342 e. The number of aromatic nitrogens is 1. The number of benzene rings is 4. The molecule has 1 aromatic heterocycles. The van der Waals surface area contributed by atoms with Crippen molar-refractivity contribution in [3.8, 4) is 0 Å². The van der Waals surface area contributed by atoms with Crippen LogP contribution in [0.2, 0.25) is 5.02 Å². The van der Waals surface area contributed by atoms with Gasteiger partial charge in [-0.2, -0.15) is 10.1 Å². The second kappa shape index (κ2) is 8.77. The van der Waals surface area contributed by atoms with Crippen LogP contribution in [0.4, 0.5) is 0 Å². The van der Waals surface area contributed by atoms with E-state index in [1.807, 2.05) is 72.9 Å². The first-order chi connectivity index (χ1) is 19.6. The number of hydrogen-bond acceptors (Lipinski definition) is 3. The lowest BCUT2D eigenvalue weighted by Crippen LogP contribution is -2.41. The largest absolute Gasteiger partial charge is 0.342 e. The molecule has 9 rings (SSSR count). The van der Waals surface area contributed by atoms with Crippen LogP contribution in [0.15, 0.2) is 108 Å². The molecule has 194 valence electrons. The zero-order valence-electron chi connectivity index (χ0n) is 21.4. The highest BCUT2D eigenvalue weighted by Gasteiger charge is 2.61. The Hall–Kier alpha value is -4.48. The molecule has 1 fully saturated rings. The van der Waals surface area contributed by atoms with Gasteiger partial charge in [0, 0.05) is 46.1 Å². The third-order valence-electron chi connectivity index (χ3n) is 8.86. The van der Waals surface area contributed by atoms with Crippen molar-refractivity contribution in [2.45, 2.75) is 18.4 Å². The molecule has 1 saturated heterocycles. The molecule has 2 bridgehead atoms. The van der Waals surface area contributed by atoms with Gasteiger partial charge in [0.05, 0.1) is 18.1 Å². The number of carbonyl (C=O) groups is 2. The number of halogens is 1. The Morgan fingerprint density at radius 2 is 1.23 bits per heavy atom. The third-order valence-corrected chi connectivity index (χ3v) is 9.22. The molecule has 2 atom stereocenters. The fraction of sp³-hybridized carbons (Fsp3) is 0.147. The highest BCUT2D eigenvalue weighted by atomic mass is 35.5. The first-order valence-corrected chi connectivity index (χ1v) is 13.9. The van der Waals surface area contributed by atoms with Gasteiger partial charge < -0.3 is 4.57 Å². The van der Waals surface area contributed by atoms with Crippen molar-refractivity contribution in [1.29, 1.82) is 0 Å². The van der Waals surface area contributed by atoms with Crippen molar-refractivity contribution in [2.24, 2.45) is 16.9 Å². The van der Waals surface area contributed by atoms with E-state index in [-0.39, 0.29) is 23.7 Å². The van der Waals surface area contributed by atoms with Gasteiger partial charge in [0.2, 0.25) is 0 Å². The summed E-state index contributed by atoms with van der Waals surface area (Å²) in [6.07, 6.45) is 3.66. The van der Waals surface area contributed by atoms with Crippen LogP contribution in [-0.2, 0) is 16.1 Å². The molecule has 3 aliphatic carbocycles. The number of para-hydroxylation sites is 1. The van der Waals surface area contributed by atoms with E-state index in [9.17, 15) is 9.59 Å². The average Bonchev–Trinajstić information content (AvgIpc) is 3.47. The van der Waals surface area contributed by atoms with Gasteiger partial charge in [0.15, 0.2) is 0 Å². The SMILES string of the molecule is O=C1[C@@H]2C3c4ccccc4C(c4ccccc43)[C@@H]2C(=O)N1/N=C\c1cn(Cc2ccccc2Cl)c2ccccc12. The Kier molecular flexibility index (Phi) is 5.13. The quantitative estimate of drug-likeness (QED) is 0.191. The lowest BCUT2D eigenvalue weighted by atomic mass is 9.55. The van der Waals surface area contributed by atoms with E-state index in [0.717, 1.165) is 49.3 Å². The lowest BCUT2D eigenvalue weighted by Gasteiger charge is -2.45. The molecule has 4 aromatic carbocycles. The van der Waals surface area contributed by atoms with Gasteiger partial charge in [-0.1, -0.05) is 96.5 Å². The van der Waals surface area contributed by atoms with E-state index in [4.69, 9.17) is 11.6 Å². The first kappa shape index (κ1) is 23.4. The standard InChI is InChI=1S/C34H24ClN3O2/c35-27-15-7-1-9-20(27)18-37-19-21(22-10-6-8-16-28(22)37)17-36-38-33(39)31-29-23-11-2-3-12-24(23)30(32(31)34(38)40)26-14-5-4-13-25(26)29/h1-17,19,29-32H,18H2/b36-17-/t29?,30?,31-,32+. The number of imide groups is 1. The molecule has 40 heavy (non-hydrogen) atoms. The van der Waals surface area contributed by atoms with Crippen molar-refractivity contribution in [2.75, 3.05) is 0 Å². The molecular formula is C34H24ClN3O2. The number of nitrogens with zero attached hydrogens (tertiary/aromatic N) is 3. The molecule has 2 heterocycles. The summed E-state index contributed by atoms with van der Waals surface area (Å²) >= 11 is 6.45. The van der Waals surface area contributed by atoms with Crippen LogP contribution in [-0.4, -0.2) is 27.6 Å². The van der Waals surface area contributed by atoms with Gasteiger partial charge in [-0.05, 0) is 39.9 Å². The minimum absolute atomic E-state index is 0.142. The van der Waals surface area contributed by atoms with Gasteiger partial charge in [-0.15, -0.1) is 0 Å². The van der Waals surface area contributed by atoms with Crippen LogP contribution < -0.4 is 0 Å². The number of fused-ring (bicyclic) bond motifs is 1. The molecule has 0 unspecified atom stereocenters. The fourth-order valence-corrected chi connectivity index (χ4v) is 7.41. The Morgan fingerprint density at radius 3 is 1.82 bits per heavy atom. The predicted octanol–water partition coefficient (Wildman–Crippen LogP) is 6.57. The predicted molar refractivity (Wildman–Crippen MR) is 155 cm³/mol. The maximum absolute atomic E-state index is 13.9. The Balaban J connectivity index is 1.17. The summed E-state index contributed by atoms with van der Waals surface area (Å²) in [4.78, 5) is 27.8. The van der Waals surface area contributed by atoms with Crippen LogP contribution in [0.3, 0.4) is 0 Å². The second-order valence-corrected chi connectivity index (χ2v) is 11.2. The number of amides is 2. The first-order valence-electron chi connectivity index (χ1n) is 13.5. The number of hydrazone groups is 1. The van der Waals surface area contributed by atoms with Crippen LogP contribution in [0.1, 0.15) is 45.2 Å². The summed E-state index contributed by atoms with van der Waals surface area (Å²) < 4.78 is 2.12. The summed E-state index contributed by atoms with van der Waals surface area (Å²) in [5, 5.41) is 7.40. The summed E-state index contributed by atoms with van der Waals surface area (Å²) in [7, 11) is 0. The Morgan fingerprint density at radius 1 is 0.700 bits per heavy atom. The van der Waals surface area contributed by atoms with Crippen LogP contribution in [0.25, 0.3) is 10.9 Å². The third kappa shape index (κ3) is 3.24. The van der Waals surface area contributed by atoms with E-state index in [2.05, 4.69) is 40.0 Å². The van der Waals surface area contributed by atoms with E-state index in [0.29, 0.717) is 11.6 Å². The number of rotatable bonds is 4. The lowest BCUT2D eigenvalue weighted by molar-refractivity contribution is -0.139. The number of hydrogen-bond donors (Lipinski definition) is 0. The number of carbonyl (C=O) groups excluding carboxylic acids is 2. The summed E-state index contributed by atoms with van der Waals surface area (Å²) in [5.41, 5.74) is 7.50. The van der Waals surface area contributed by atoms with Crippen LogP contribution in [0.5, 0.6) is 0 Å². The molecule has 1 aliphatic heterocycles. The maximum Gasteiger partial charge on any atom is 0.254 e. The molecule has 6 heteroatoms. The molecule has 4 aliphatic rings. The van der Waals surface area contributed by atoms with Gasteiger partial charge >= 0.3 is 0 Å². The molecule has 5 nitrogen and oxygen atoms in total. The van der Waals surface area contributed by atoms with Crippen molar-refractivity contribution >= 4 is 40.5 Å². The van der Waals surface area contributed by atoms with Gasteiger partial charge in [-0.25, -0.2) is 0 Å². The second-order valence-electron chi connectivity index (χ2n) is 10.8.